The number of thioether (sulfide) groups is 1. The predicted molar refractivity (Wildman–Crippen MR) is 98.9 cm³/mol. The summed E-state index contributed by atoms with van der Waals surface area (Å²) in [4.78, 5) is 37.4. The normalized spacial score (nSPS) is 23.2. The summed E-state index contributed by atoms with van der Waals surface area (Å²) in [5, 5.41) is 2.08. The first-order valence-electron chi connectivity index (χ1n) is 8.25. The molecule has 0 saturated carbocycles. The molecule has 144 valence electrons. The van der Waals surface area contributed by atoms with E-state index in [-0.39, 0.29) is 34.9 Å². The number of amides is 3. The van der Waals surface area contributed by atoms with E-state index in [2.05, 4.69) is 5.32 Å². The van der Waals surface area contributed by atoms with Gasteiger partial charge in [0.1, 0.15) is 5.82 Å². The lowest BCUT2D eigenvalue weighted by molar-refractivity contribution is -0.124. The quantitative estimate of drug-likeness (QED) is 0.737. The zero-order valence-corrected chi connectivity index (χ0v) is 15.8. The summed E-state index contributed by atoms with van der Waals surface area (Å²) in [6, 6.07) is 5.45. The SMILES string of the molecule is O=C(CCN1C(=O)S/C(=C\c2ccccc2F)C1=O)N[C@H]1CCS(=O)(=O)C1. The number of sulfone groups is 1. The number of carbonyl (C=O) groups excluding carboxylic acids is 3. The molecular formula is C17H17FN2O5S2. The Balaban J connectivity index is 1.58. The third kappa shape index (κ3) is 4.75. The van der Waals surface area contributed by atoms with Crippen molar-refractivity contribution in [3.05, 3.63) is 40.6 Å². The number of halogens is 1. The van der Waals surface area contributed by atoms with Crippen molar-refractivity contribution in [3.8, 4) is 0 Å². The van der Waals surface area contributed by atoms with Gasteiger partial charge in [0.25, 0.3) is 11.1 Å². The number of rotatable bonds is 5. The lowest BCUT2D eigenvalue weighted by Crippen LogP contribution is -2.38. The molecule has 10 heteroatoms. The van der Waals surface area contributed by atoms with Crippen LogP contribution in [0.2, 0.25) is 0 Å². The molecule has 0 aromatic heterocycles. The van der Waals surface area contributed by atoms with Gasteiger partial charge in [0.2, 0.25) is 5.91 Å². The van der Waals surface area contributed by atoms with Gasteiger partial charge in [-0.1, -0.05) is 18.2 Å². The molecule has 2 saturated heterocycles. The number of hydrogen-bond acceptors (Lipinski definition) is 6. The van der Waals surface area contributed by atoms with Gasteiger partial charge in [0.05, 0.1) is 16.4 Å². The van der Waals surface area contributed by atoms with Crippen molar-refractivity contribution < 1.29 is 27.2 Å². The van der Waals surface area contributed by atoms with Gasteiger partial charge in [-0.3, -0.25) is 19.3 Å². The minimum atomic E-state index is -3.10. The Morgan fingerprint density at radius 1 is 1.33 bits per heavy atom. The van der Waals surface area contributed by atoms with Crippen molar-refractivity contribution in [1.29, 1.82) is 0 Å². The van der Waals surface area contributed by atoms with Crippen LogP contribution in [0.15, 0.2) is 29.2 Å². The molecule has 2 fully saturated rings. The Bertz CT molecular complexity index is 929. The molecule has 0 unspecified atom stereocenters. The molecular weight excluding hydrogens is 395 g/mol. The van der Waals surface area contributed by atoms with E-state index in [0.717, 1.165) is 4.90 Å². The molecule has 1 aromatic carbocycles. The molecule has 0 spiro atoms. The summed E-state index contributed by atoms with van der Waals surface area (Å²) in [7, 11) is -3.10. The van der Waals surface area contributed by atoms with Crippen LogP contribution in [0, 0.1) is 5.82 Å². The van der Waals surface area contributed by atoms with Crippen molar-refractivity contribution in [3.63, 3.8) is 0 Å². The third-order valence-electron chi connectivity index (χ3n) is 4.23. The second-order valence-corrected chi connectivity index (χ2v) is 9.49. The standard InChI is InChI=1S/C17H17FN2O5S2/c18-13-4-2-1-3-11(13)9-14-16(22)20(17(23)26-14)7-5-15(21)19-12-6-8-27(24,25)10-12/h1-4,9,12H,5-8,10H2,(H,19,21)/b14-9-/t12-/m0/s1. The van der Waals surface area contributed by atoms with Crippen LogP contribution < -0.4 is 5.32 Å². The van der Waals surface area contributed by atoms with Crippen LogP contribution >= 0.6 is 11.8 Å². The van der Waals surface area contributed by atoms with Crippen molar-refractivity contribution in [2.45, 2.75) is 18.9 Å². The van der Waals surface area contributed by atoms with E-state index in [1.807, 2.05) is 0 Å². The summed E-state index contributed by atoms with van der Waals surface area (Å²) < 4.78 is 36.5. The van der Waals surface area contributed by atoms with E-state index in [4.69, 9.17) is 0 Å². The fourth-order valence-electron chi connectivity index (χ4n) is 2.85. The highest BCUT2D eigenvalue weighted by Crippen LogP contribution is 2.32. The van der Waals surface area contributed by atoms with Gasteiger partial charge in [-0.15, -0.1) is 0 Å². The first-order chi connectivity index (χ1) is 12.7. The largest absolute Gasteiger partial charge is 0.352 e. The smallest absolute Gasteiger partial charge is 0.293 e. The lowest BCUT2D eigenvalue weighted by Gasteiger charge is -2.14. The van der Waals surface area contributed by atoms with E-state index in [9.17, 15) is 27.2 Å². The Hall–Kier alpha value is -2.20. The van der Waals surface area contributed by atoms with Gasteiger partial charge >= 0.3 is 0 Å². The average molecular weight is 412 g/mol. The van der Waals surface area contributed by atoms with Crippen LogP contribution in [-0.2, 0) is 19.4 Å². The van der Waals surface area contributed by atoms with E-state index in [0.29, 0.717) is 18.2 Å². The van der Waals surface area contributed by atoms with Crippen LogP contribution in [0.4, 0.5) is 9.18 Å². The molecule has 2 aliphatic heterocycles. The van der Waals surface area contributed by atoms with Gasteiger partial charge in [-0.2, -0.15) is 0 Å². The fourth-order valence-corrected chi connectivity index (χ4v) is 5.38. The number of benzene rings is 1. The van der Waals surface area contributed by atoms with Gasteiger partial charge in [0, 0.05) is 24.6 Å². The molecule has 1 N–H and O–H groups in total. The molecule has 2 aliphatic rings. The van der Waals surface area contributed by atoms with Crippen molar-refractivity contribution in [2.75, 3.05) is 18.1 Å². The number of imide groups is 1. The number of nitrogens with one attached hydrogen (secondary N) is 1. The molecule has 27 heavy (non-hydrogen) atoms. The molecule has 2 heterocycles. The lowest BCUT2D eigenvalue weighted by atomic mass is 10.2. The van der Waals surface area contributed by atoms with Crippen LogP contribution in [0.5, 0.6) is 0 Å². The average Bonchev–Trinajstić information content (AvgIpc) is 3.07. The van der Waals surface area contributed by atoms with Crippen molar-refractivity contribution >= 4 is 44.7 Å². The molecule has 3 rings (SSSR count). The third-order valence-corrected chi connectivity index (χ3v) is 6.90. The fraction of sp³-hybridized carbons (Fsp3) is 0.353. The van der Waals surface area contributed by atoms with E-state index in [1.54, 1.807) is 6.07 Å². The molecule has 0 aliphatic carbocycles. The maximum absolute atomic E-state index is 13.7. The first-order valence-corrected chi connectivity index (χ1v) is 10.9. The maximum atomic E-state index is 13.7. The van der Waals surface area contributed by atoms with Gasteiger partial charge in [-0.25, -0.2) is 12.8 Å². The zero-order valence-electron chi connectivity index (χ0n) is 14.2. The van der Waals surface area contributed by atoms with Crippen LogP contribution in [0.3, 0.4) is 0 Å². The molecule has 7 nitrogen and oxygen atoms in total. The molecule has 0 bridgehead atoms. The minimum absolute atomic E-state index is 0.0435. The molecule has 3 amide bonds. The van der Waals surface area contributed by atoms with Crippen LogP contribution in [0.25, 0.3) is 6.08 Å². The van der Waals surface area contributed by atoms with Gasteiger partial charge in [-0.05, 0) is 30.3 Å². The van der Waals surface area contributed by atoms with Crippen LogP contribution in [-0.4, -0.2) is 54.5 Å². The minimum Gasteiger partial charge on any atom is -0.352 e. The van der Waals surface area contributed by atoms with Crippen molar-refractivity contribution in [2.24, 2.45) is 0 Å². The van der Waals surface area contributed by atoms with Gasteiger partial charge in [0.15, 0.2) is 9.84 Å². The van der Waals surface area contributed by atoms with E-state index < -0.39 is 38.7 Å². The van der Waals surface area contributed by atoms with E-state index >= 15 is 0 Å². The summed E-state index contributed by atoms with van der Waals surface area (Å²) >= 11 is 0.691. The summed E-state index contributed by atoms with van der Waals surface area (Å²) in [5.41, 5.74) is 0.197. The molecule has 1 atom stereocenters. The van der Waals surface area contributed by atoms with Crippen LogP contribution in [0.1, 0.15) is 18.4 Å². The highest BCUT2D eigenvalue weighted by atomic mass is 32.2. The summed E-state index contributed by atoms with van der Waals surface area (Å²) in [6.07, 6.45) is 1.55. The number of hydrogen-bond donors (Lipinski definition) is 1. The first kappa shape index (κ1) is 19.6. The highest BCUT2D eigenvalue weighted by molar-refractivity contribution is 8.18. The monoisotopic (exact) mass is 412 g/mol. The Morgan fingerprint density at radius 3 is 2.74 bits per heavy atom. The Kier molecular flexibility index (Phi) is 5.66. The second kappa shape index (κ2) is 7.81. The zero-order chi connectivity index (χ0) is 19.6. The number of nitrogens with zero attached hydrogens (tertiary/aromatic N) is 1. The van der Waals surface area contributed by atoms with Gasteiger partial charge < -0.3 is 5.32 Å². The summed E-state index contributed by atoms with van der Waals surface area (Å²) in [6.45, 7) is -0.120. The van der Waals surface area contributed by atoms with E-state index in [1.165, 1.54) is 24.3 Å². The highest BCUT2D eigenvalue weighted by Gasteiger charge is 2.35. The maximum Gasteiger partial charge on any atom is 0.293 e. The predicted octanol–water partition coefficient (Wildman–Crippen LogP) is 1.56. The molecule has 0 radical (unpaired) electrons. The Morgan fingerprint density at radius 2 is 2.07 bits per heavy atom. The van der Waals surface area contributed by atoms with Crippen molar-refractivity contribution in [1.82, 2.24) is 10.2 Å². The second-order valence-electron chi connectivity index (χ2n) is 6.27. The summed E-state index contributed by atoms with van der Waals surface area (Å²) in [5.74, 6) is -1.55. The topological polar surface area (TPSA) is 101 Å². The number of carbonyl (C=O) groups is 3. The Labute approximate surface area is 159 Å². The molecule has 1 aromatic rings.